The van der Waals surface area contributed by atoms with E-state index < -0.39 is 6.04 Å². The van der Waals surface area contributed by atoms with Crippen molar-refractivity contribution in [3.63, 3.8) is 0 Å². The van der Waals surface area contributed by atoms with Crippen LogP contribution in [0.5, 0.6) is 0 Å². The smallest absolute Gasteiger partial charge is 0.241 e. The molecule has 1 aliphatic carbocycles. The van der Waals surface area contributed by atoms with E-state index in [1.54, 1.807) is 7.11 Å². The summed E-state index contributed by atoms with van der Waals surface area (Å²) in [6, 6.07) is -0.532. The predicted molar refractivity (Wildman–Crippen MR) is 77.4 cm³/mol. The average Bonchev–Trinajstić information content (AvgIpc) is 2.98. The van der Waals surface area contributed by atoms with Crippen molar-refractivity contribution in [2.24, 2.45) is 11.7 Å². The quantitative estimate of drug-likeness (QED) is 0.795. The molecule has 2 fully saturated rings. The zero-order chi connectivity index (χ0) is 14.4. The van der Waals surface area contributed by atoms with E-state index in [4.69, 9.17) is 15.2 Å². The lowest BCUT2D eigenvalue weighted by Crippen LogP contribution is -2.49. The summed E-state index contributed by atoms with van der Waals surface area (Å²) in [5.74, 6) is 0.769. The van der Waals surface area contributed by atoms with Crippen molar-refractivity contribution in [2.45, 2.75) is 50.7 Å². The fourth-order valence-corrected chi connectivity index (χ4v) is 3.18. The summed E-state index contributed by atoms with van der Waals surface area (Å²) in [7, 11) is 1.57. The third-order valence-corrected chi connectivity index (χ3v) is 4.46. The van der Waals surface area contributed by atoms with Crippen LogP contribution in [-0.4, -0.2) is 56.4 Å². The maximum Gasteiger partial charge on any atom is 0.241 e. The second-order valence-electron chi connectivity index (χ2n) is 6.07. The summed E-state index contributed by atoms with van der Waals surface area (Å²) in [6.45, 7) is 2.70. The molecular formula is C15H28N2O3. The van der Waals surface area contributed by atoms with Crippen molar-refractivity contribution in [1.29, 1.82) is 0 Å². The molecule has 0 aromatic rings. The van der Waals surface area contributed by atoms with E-state index in [0.29, 0.717) is 6.10 Å². The van der Waals surface area contributed by atoms with Crippen LogP contribution >= 0.6 is 0 Å². The van der Waals surface area contributed by atoms with Gasteiger partial charge in [0.1, 0.15) is 6.04 Å². The number of hydrogen-bond donors (Lipinski definition) is 1. The number of rotatable bonds is 6. The zero-order valence-electron chi connectivity index (χ0n) is 12.6. The largest absolute Gasteiger partial charge is 0.383 e. The first-order chi connectivity index (χ1) is 9.70. The fraction of sp³-hybridized carbons (Fsp3) is 0.933. The van der Waals surface area contributed by atoms with Crippen LogP contribution in [0.1, 0.15) is 38.5 Å². The van der Waals surface area contributed by atoms with Gasteiger partial charge in [-0.1, -0.05) is 12.8 Å². The Morgan fingerprint density at radius 1 is 1.25 bits per heavy atom. The van der Waals surface area contributed by atoms with Gasteiger partial charge in [-0.25, -0.2) is 0 Å². The molecule has 2 rings (SSSR count). The number of likely N-dealkylation sites (tertiary alicyclic amines) is 1. The maximum atomic E-state index is 12.0. The molecule has 1 aliphatic heterocycles. The molecule has 0 bridgehead atoms. The molecule has 0 aromatic carbocycles. The van der Waals surface area contributed by atoms with E-state index in [0.717, 1.165) is 38.5 Å². The van der Waals surface area contributed by atoms with E-state index >= 15 is 0 Å². The molecule has 1 saturated carbocycles. The Labute approximate surface area is 121 Å². The van der Waals surface area contributed by atoms with Gasteiger partial charge in [0, 0.05) is 26.8 Å². The van der Waals surface area contributed by atoms with Crippen molar-refractivity contribution in [3.8, 4) is 0 Å². The molecule has 5 heteroatoms. The van der Waals surface area contributed by atoms with Crippen LogP contribution in [0.15, 0.2) is 0 Å². The first-order valence-electron chi connectivity index (χ1n) is 7.85. The normalized spacial score (nSPS) is 23.2. The minimum Gasteiger partial charge on any atom is -0.383 e. The second-order valence-corrected chi connectivity index (χ2v) is 6.07. The fourth-order valence-electron chi connectivity index (χ4n) is 3.18. The number of nitrogens with zero attached hydrogens (tertiary/aromatic N) is 1. The Hall–Kier alpha value is -0.650. The van der Waals surface area contributed by atoms with Gasteiger partial charge in [-0.3, -0.25) is 4.79 Å². The number of methoxy groups -OCH3 is 1. The van der Waals surface area contributed by atoms with E-state index in [1.807, 2.05) is 4.90 Å². The second kappa shape index (κ2) is 7.96. The highest BCUT2D eigenvalue weighted by atomic mass is 16.5. The first kappa shape index (κ1) is 15.7. The Morgan fingerprint density at radius 2 is 1.90 bits per heavy atom. The number of amides is 1. The summed E-state index contributed by atoms with van der Waals surface area (Å²) < 4.78 is 10.9. The Morgan fingerprint density at radius 3 is 2.50 bits per heavy atom. The van der Waals surface area contributed by atoms with E-state index in [2.05, 4.69) is 0 Å². The van der Waals surface area contributed by atoms with E-state index in [1.165, 1.54) is 25.7 Å². The third kappa shape index (κ3) is 4.43. The summed E-state index contributed by atoms with van der Waals surface area (Å²) in [5, 5.41) is 0. The van der Waals surface area contributed by atoms with Gasteiger partial charge in [-0.2, -0.15) is 0 Å². The molecule has 0 spiro atoms. The van der Waals surface area contributed by atoms with E-state index in [9.17, 15) is 4.79 Å². The molecular weight excluding hydrogens is 256 g/mol. The lowest BCUT2D eigenvalue weighted by molar-refractivity contribution is -0.136. The van der Waals surface area contributed by atoms with Gasteiger partial charge in [0.25, 0.3) is 0 Å². The number of carbonyl (C=O) groups is 1. The number of piperidine rings is 1. The minimum atomic E-state index is -0.532. The minimum absolute atomic E-state index is 0.00101. The maximum absolute atomic E-state index is 12.0. The average molecular weight is 284 g/mol. The molecule has 0 radical (unpaired) electrons. The van der Waals surface area contributed by atoms with Gasteiger partial charge in [-0.15, -0.1) is 0 Å². The number of carbonyl (C=O) groups excluding carboxylic acids is 1. The van der Waals surface area contributed by atoms with Crippen LogP contribution in [-0.2, 0) is 14.3 Å². The summed E-state index contributed by atoms with van der Waals surface area (Å²) in [5.41, 5.74) is 5.79. The lowest BCUT2D eigenvalue weighted by Gasteiger charge is -2.33. The molecule has 1 heterocycles. The molecule has 20 heavy (non-hydrogen) atoms. The Bertz CT molecular complexity index is 297. The number of ether oxygens (including phenoxy) is 2. The lowest BCUT2D eigenvalue weighted by atomic mass is 10.1. The highest BCUT2D eigenvalue weighted by Gasteiger charge is 2.27. The zero-order valence-corrected chi connectivity index (χ0v) is 12.6. The molecule has 2 N–H and O–H groups in total. The first-order valence-corrected chi connectivity index (χ1v) is 7.85. The van der Waals surface area contributed by atoms with Gasteiger partial charge in [0.2, 0.25) is 5.91 Å². The predicted octanol–water partition coefficient (Wildman–Crippen LogP) is 1.16. The third-order valence-electron chi connectivity index (χ3n) is 4.46. The molecule has 116 valence electrons. The van der Waals surface area contributed by atoms with E-state index in [-0.39, 0.29) is 12.5 Å². The molecule has 1 saturated heterocycles. The summed E-state index contributed by atoms with van der Waals surface area (Å²) >= 11 is 0. The van der Waals surface area contributed by atoms with Gasteiger partial charge < -0.3 is 20.1 Å². The standard InChI is InChI=1S/C15H28N2O3/c1-19-11-14(16)15(18)17-8-6-13(7-9-17)20-10-12-4-2-3-5-12/h12-14H,2-11,16H2,1H3. The molecule has 1 unspecified atom stereocenters. The van der Waals surface area contributed by atoms with Crippen LogP contribution in [0.3, 0.4) is 0 Å². The highest BCUT2D eigenvalue weighted by Crippen LogP contribution is 2.26. The molecule has 1 atom stereocenters. The summed E-state index contributed by atoms with van der Waals surface area (Å²) in [6.07, 6.45) is 7.54. The van der Waals surface area contributed by atoms with Gasteiger partial charge in [0.05, 0.1) is 12.7 Å². The van der Waals surface area contributed by atoms with Gasteiger partial charge >= 0.3 is 0 Å². The molecule has 2 aliphatic rings. The highest BCUT2D eigenvalue weighted by molar-refractivity contribution is 5.81. The molecule has 0 aromatic heterocycles. The number of nitrogens with two attached hydrogens (primary N) is 1. The Balaban J connectivity index is 1.65. The Kier molecular flexibility index (Phi) is 6.26. The molecule has 5 nitrogen and oxygen atoms in total. The van der Waals surface area contributed by atoms with Crippen molar-refractivity contribution >= 4 is 5.91 Å². The monoisotopic (exact) mass is 284 g/mol. The van der Waals surface area contributed by atoms with Crippen LogP contribution in [0.4, 0.5) is 0 Å². The summed E-state index contributed by atoms with van der Waals surface area (Å²) in [4.78, 5) is 13.9. The SMILES string of the molecule is COCC(N)C(=O)N1CCC(OCC2CCCC2)CC1. The number of hydrogen-bond acceptors (Lipinski definition) is 4. The van der Waals surface area contributed by atoms with Crippen molar-refractivity contribution in [3.05, 3.63) is 0 Å². The topological polar surface area (TPSA) is 64.8 Å². The van der Waals surface area contributed by atoms with Crippen molar-refractivity contribution < 1.29 is 14.3 Å². The van der Waals surface area contributed by atoms with Gasteiger partial charge in [-0.05, 0) is 31.6 Å². The van der Waals surface area contributed by atoms with Crippen molar-refractivity contribution in [2.75, 3.05) is 33.4 Å². The van der Waals surface area contributed by atoms with Gasteiger partial charge in [0.15, 0.2) is 0 Å². The van der Waals surface area contributed by atoms with Crippen molar-refractivity contribution in [1.82, 2.24) is 4.90 Å². The van der Waals surface area contributed by atoms with Crippen LogP contribution in [0.2, 0.25) is 0 Å². The van der Waals surface area contributed by atoms with Crippen LogP contribution in [0, 0.1) is 5.92 Å². The molecule has 1 amide bonds. The van der Waals surface area contributed by atoms with Crippen LogP contribution in [0.25, 0.3) is 0 Å². The van der Waals surface area contributed by atoms with Crippen LogP contribution < -0.4 is 5.73 Å².